The molecule has 0 amide bonds. The summed E-state index contributed by atoms with van der Waals surface area (Å²) in [5, 5.41) is 3.56. The van der Waals surface area contributed by atoms with Crippen molar-refractivity contribution in [2.75, 3.05) is 6.54 Å². The Hall–Kier alpha value is -1.00. The molecule has 1 saturated heterocycles. The molecule has 21 heavy (non-hydrogen) atoms. The Balaban J connectivity index is 2.32. The molecule has 0 radical (unpaired) electrons. The molecule has 0 bridgehead atoms. The van der Waals surface area contributed by atoms with Gasteiger partial charge in [0, 0.05) is 18.2 Å². The highest BCUT2D eigenvalue weighted by molar-refractivity contribution is 5.19. The molecule has 0 aromatic carbocycles. The quantitative estimate of drug-likeness (QED) is 0.895. The second kappa shape index (κ2) is 6.01. The van der Waals surface area contributed by atoms with Crippen molar-refractivity contribution in [1.82, 2.24) is 10.3 Å². The second-order valence-corrected chi connectivity index (χ2v) is 7.14. The van der Waals surface area contributed by atoms with Crippen molar-refractivity contribution in [1.29, 1.82) is 0 Å². The van der Waals surface area contributed by atoms with Gasteiger partial charge in [-0.25, -0.2) is 4.39 Å². The zero-order chi connectivity index (χ0) is 15.7. The van der Waals surface area contributed by atoms with E-state index in [-0.39, 0.29) is 29.0 Å². The highest BCUT2D eigenvalue weighted by Crippen LogP contribution is 2.47. The summed E-state index contributed by atoms with van der Waals surface area (Å²) in [5.74, 6) is -0.00516. The van der Waals surface area contributed by atoms with Gasteiger partial charge in [0.1, 0.15) is 5.82 Å². The highest BCUT2D eigenvalue weighted by atomic mass is 19.1. The third-order valence-electron chi connectivity index (χ3n) is 4.25. The van der Waals surface area contributed by atoms with Gasteiger partial charge in [0.2, 0.25) is 0 Å². The lowest BCUT2D eigenvalue weighted by molar-refractivity contribution is -0.0778. The molecule has 0 saturated carbocycles. The Morgan fingerprint density at radius 1 is 1.38 bits per heavy atom. The van der Waals surface area contributed by atoms with E-state index in [0.29, 0.717) is 0 Å². The van der Waals surface area contributed by atoms with Crippen molar-refractivity contribution in [3.8, 4) is 0 Å². The molecule has 4 heteroatoms. The molecule has 1 aliphatic rings. The molecule has 1 aliphatic heterocycles. The Morgan fingerprint density at radius 3 is 2.62 bits per heavy atom. The number of hydrogen-bond acceptors (Lipinski definition) is 3. The van der Waals surface area contributed by atoms with Gasteiger partial charge in [-0.15, -0.1) is 0 Å². The Labute approximate surface area is 127 Å². The van der Waals surface area contributed by atoms with E-state index in [9.17, 15) is 4.39 Å². The summed E-state index contributed by atoms with van der Waals surface area (Å²) in [5.41, 5.74) is 0.505. The van der Waals surface area contributed by atoms with Crippen LogP contribution >= 0.6 is 0 Å². The highest BCUT2D eigenvalue weighted by Gasteiger charge is 2.49. The summed E-state index contributed by atoms with van der Waals surface area (Å²) in [6, 6.07) is 1.65. The minimum absolute atomic E-state index is 0.0601. The molecule has 2 atom stereocenters. The largest absolute Gasteiger partial charge is 0.369 e. The van der Waals surface area contributed by atoms with Crippen molar-refractivity contribution >= 4 is 0 Å². The lowest BCUT2D eigenvalue weighted by atomic mass is 9.79. The van der Waals surface area contributed by atoms with Crippen LogP contribution in [-0.2, 0) is 4.74 Å². The first-order valence-corrected chi connectivity index (χ1v) is 7.79. The number of hydrogen-bond donors (Lipinski definition) is 1. The van der Waals surface area contributed by atoms with Crippen LogP contribution in [0.3, 0.4) is 0 Å². The normalized spacial score (nSPS) is 25.0. The van der Waals surface area contributed by atoms with E-state index in [1.807, 2.05) is 0 Å². The van der Waals surface area contributed by atoms with Crippen LogP contribution in [0.25, 0.3) is 0 Å². The maximum atomic E-state index is 13.6. The van der Waals surface area contributed by atoms with E-state index in [1.165, 1.54) is 6.20 Å². The van der Waals surface area contributed by atoms with Gasteiger partial charge in [-0.3, -0.25) is 4.98 Å². The van der Waals surface area contributed by atoms with Crippen LogP contribution in [-0.4, -0.2) is 22.7 Å². The fraction of sp³-hybridized carbons (Fsp3) is 0.706. The second-order valence-electron chi connectivity index (χ2n) is 7.14. The number of rotatable bonds is 5. The number of ether oxygens (including phenoxy) is 1. The SMILES string of the molecule is CCCNC(c1cncc(F)c1)C1CC(C)(C)OC1(C)C. The number of halogens is 1. The minimum Gasteiger partial charge on any atom is -0.369 e. The van der Waals surface area contributed by atoms with Crippen molar-refractivity contribution in [2.45, 2.75) is 64.7 Å². The van der Waals surface area contributed by atoms with Gasteiger partial charge in [-0.2, -0.15) is 0 Å². The number of nitrogens with one attached hydrogen (secondary N) is 1. The molecule has 3 nitrogen and oxygen atoms in total. The monoisotopic (exact) mass is 294 g/mol. The van der Waals surface area contributed by atoms with Crippen LogP contribution in [0.15, 0.2) is 18.5 Å². The Bertz CT molecular complexity index is 487. The molecule has 2 unspecified atom stereocenters. The van der Waals surface area contributed by atoms with E-state index in [1.54, 1.807) is 12.3 Å². The average molecular weight is 294 g/mol. The minimum atomic E-state index is -0.285. The van der Waals surface area contributed by atoms with Crippen LogP contribution in [0.5, 0.6) is 0 Å². The van der Waals surface area contributed by atoms with Crippen LogP contribution in [0.2, 0.25) is 0 Å². The summed E-state index contributed by atoms with van der Waals surface area (Å²) >= 11 is 0. The molecule has 1 fully saturated rings. The van der Waals surface area contributed by atoms with E-state index >= 15 is 0 Å². The van der Waals surface area contributed by atoms with Crippen molar-refractivity contribution in [3.63, 3.8) is 0 Å². The molecule has 2 heterocycles. The predicted molar refractivity (Wildman–Crippen MR) is 82.6 cm³/mol. The topological polar surface area (TPSA) is 34.2 Å². The van der Waals surface area contributed by atoms with Gasteiger partial charge >= 0.3 is 0 Å². The first kappa shape index (κ1) is 16.4. The molecular formula is C17H27FN2O. The maximum Gasteiger partial charge on any atom is 0.141 e. The van der Waals surface area contributed by atoms with Gasteiger partial charge in [-0.05, 0) is 58.7 Å². The summed E-state index contributed by atoms with van der Waals surface area (Å²) in [6.07, 6.45) is 4.99. The Morgan fingerprint density at radius 2 is 2.10 bits per heavy atom. The fourth-order valence-corrected chi connectivity index (χ4v) is 3.51. The molecule has 0 aliphatic carbocycles. The lowest BCUT2D eigenvalue weighted by Gasteiger charge is -2.33. The molecular weight excluding hydrogens is 267 g/mol. The summed E-state index contributed by atoms with van der Waals surface area (Å²) in [6.45, 7) is 11.5. The first-order chi connectivity index (χ1) is 9.75. The van der Waals surface area contributed by atoms with Gasteiger partial charge in [0.05, 0.1) is 17.4 Å². The van der Waals surface area contributed by atoms with Gasteiger partial charge in [0.25, 0.3) is 0 Å². The van der Waals surface area contributed by atoms with E-state index in [0.717, 1.165) is 24.9 Å². The Kier molecular flexibility index (Phi) is 4.69. The van der Waals surface area contributed by atoms with E-state index in [2.05, 4.69) is 44.9 Å². The van der Waals surface area contributed by atoms with Crippen molar-refractivity contribution in [2.24, 2.45) is 5.92 Å². The number of pyridine rings is 1. The average Bonchev–Trinajstić information content (AvgIpc) is 2.58. The molecule has 118 valence electrons. The smallest absolute Gasteiger partial charge is 0.141 e. The van der Waals surface area contributed by atoms with Crippen molar-refractivity contribution < 1.29 is 9.13 Å². The predicted octanol–water partition coefficient (Wildman–Crippen LogP) is 3.86. The van der Waals surface area contributed by atoms with E-state index in [4.69, 9.17) is 4.74 Å². The summed E-state index contributed by atoms with van der Waals surface area (Å²) < 4.78 is 19.8. The van der Waals surface area contributed by atoms with Crippen LogP contribution < -0.4 is 5.32 Å². The molecule has 1 aromatic heterocycles. The van der Waals surface area contributed by atoms with Gasteiger partial charge < -0.3 is 10.1 Å². The van der Waals surface area contributed by atoms with Gasteiger partial charge in [-0.1, -0.05) is 6.92 Å². The molecule has 1 N–H and O–H groups in total. The zero-order valence-corrected chi connectivity index (χ0v) is 13.7. The fourth-order valence-electron chi connectivity index (χ4n) is 3.51. The third kappa shape index (κ3) is 3.80. The summed E-state index contributed by atoms with van der Waals surface area (Å²) in [4.78, 5) is 4.01. The molecule has 2 rings (SSSR count). The molecule has 1 aromatic rings. The maximum absolute atomic E-state index is 13.6. The molecule has 0 spiro atoms. The number of nitrogens with zero attached hydrogens (tertiary/aromatic N) is 1. The summed E-state index contributed by atoms with van der Waals surface area (Å²) in [7, 11) is 0. The standard InChI is InChI=1S/C17H27FN2O/c1-6-7-20-15(12-8-13(18)11-19-10-12)14-9-16(2,3)21-17(14,4)5/h8,10-11,14-15,20H,6-7,9H2,1-5H3. The zero-order valence-electron chi connectivity index (χ0n) is 13.7. The number of aromatic nitrogens is 1. The first-order valence-electron chi connectivity index (χ1n) is 7.79. The lowest BCUT2D eigenvalue weighted by Crippen LogP contribution is -2.39. The third-order valence-corrected chi connectivity index (χ3v) is 4.25. The van der Waals surface area contributed by atoms with E-state index < -0.39 is 0 Å². The van der Waals surface area contributed by atoms with Crippen LogP contribution in [0, 0.1) is 11.7 Å². The van der Waals surface area contributed by atoms with Crippen molar-refractivity contribution in [3.05, 3.63) is 29.8 Å². The van der Waals surface area contributed by atoms with Crippen LogP contribution in [0.1, 0.15) is 59.1 Å². The van der Waals surface area contributed by atoms with Crippen LogP contribution in [0.4, 0.5) is 4.39 Å². The van der Waals surface area contributed by atoms with Gasteiger partial charge in [0.15, 0.2) is 0 Å².